The third-order valence-corrected chi connectivity index (χ3v) is 7.95. The van der Waals surface area contributed by atoms with E-state index in [-0.39, 0.29) is 5.56 Å². The summed E-state index contributed by atoms with van der Waals surface area (Å²) in [5.74, 6) is 1.55. The number of aromatic nitrogens is 5. The monoisotopic (exact) mass is 433 g/mol. The molecule has 0 unspecified atom stereocenters. The molecule has 6 nitrogen and oxygen atoms in total. The number of para-hydroxylation sites is 1. The number of aryl methyl sites for hydroxylation is 3. The van der Waals surface area contributed by atoms with Gasteiger partial charge in [0.15, 0.2) is 10.8 Å². The lowest BCUT2D eigenvalue weighted by Gasteiger charge is -2.10. The van der Waals surface area contributed by atoms with Crippen LogP contribution in [0.3, 0.4) is 0 Å². The highest BCUT2D eigenvalue weighted by Crippen LogP contribution is 2.38. The van der Waals surface area contributed by atoms with E-state index >= 15 is 0 Å². The van der Waals surface area contributed by atoms with Crippen LogP contribution in [0.4, 0.5) is 0 Å². The van der Waals surface area contributed by atoms with Crippen LogP contribution in [0.1, 0.15) is 34.7 Å². The quantitative estimate of drug-likeness (QED) is 0.419. The zero-order chi connectivity index (χ0) is 20.2. The molecule has 30 heavy (non-hydrogen) atoms. The molecule has 0 fully saturated rings. The van der Waals surface area contributed by atoms with Crippen molar-refractivity contribution in [1.82, 2.24) is 24.6 Å². The van der Waals surface area contributed by atoms with E-state index in [9.17, 15) is 4.79 Å². The van der Waals surface area contributed by atoms with Crippen molar-refractivity contribution >= 4 is 49.9 Å². The Morgan fingerprint density at radius 3 is 3.00 bits per heavy atom. The number of nitrogens with zero attached hydrogens (tertiary/aromatic N) is 4. The third-order valence-electron chi connectivity index (χ3n) is 5.79. The highest BCUT2D eigenvalue weighted by atomic mass is 32.2. The number of pyridine rings is 1. The molecule has 0 spiro atoms. The summed E-state index contributed by atoms with van der Waals surface area (Å²) >= 11 is 3.41. The van der Waals surface area contributed by atoms with Gasteiger partial charge in [0.05, 0.1) is 5.39 Å². The van der Waals surface area contributed by atoms with Gasteiger partial charge in [0.2, 0.25) is 5.56 Å². The molecule has 8 heteroatoms. The summed E-state index contributed by atoms with van der Waals surface area (Å²) in [4.78, 5) is 22.4. The predicted molar refractivity (Wildman–Crippen MR) is 122 cm³/mol. The Morgan fingerprint density at radius 2 is 2.07 bits per heavy atom. The first kappa shape index (κ1) is 18.1. The number of hydrogen-bond acceptors (Lipinski definition) is 6. The first-order valence-electron chi connectivity index (χ1n) is 10.1. The Balaban J connectivity index is 1.45. The van der Waals surface area contributed by atoms with Gasteiger partial charge in [-0.05, 0) is 49.8 Å². The molecule has 0 saturated carbocycles. The lowest BCUT2D eigenvalue weighted by atomic mass is 9.97. The average Bonchev–Trinajstić information content (AvgIpc) is 3.33. The molecule has 1 aromatic carbocycles. The van der Waals surface area contributed by atoms with Crippen molar-refractivity contribution in [1.29, 1.82) is 0 Å². The molecular weight excluding hydrogens is 414 g/mol. The molecule has 150 valence electrons. The van der Waals surface area contributed by atoms with E-state index < -0.39 is 0 Å². The highest BCUT2D eigenvalue weighted by molar-refractivity contribution is 7.98. The van der Waals surface area contributed by atoms with Crippen molar-refractivity contribution < 1.29 is 0 Å². The molecule has 0 radical (unpaired) electrons. The van der Waals surface area contributed by atoms with Crippen LogP contribution in [-0.2, 0) is 18.6 Å². The summed E-state index contributed by atoms with van der Waals surface area (Å²) in [6.07, 6.45) is 4.73. The van der Waals surface area contributed by atoms with Crippen LogP contribution in [-0.4, -0.2) is 24.6 Å². The fourth-order valence-corrected chi connectivity index (χ4v) is 6.68. The van der Waals surface area contributed by atoms with Gasteiger partial charge in [-0.1, -0.05) is 30.0 Å². The van der Waals surface area contributed by atoms with Crippen molar-refractivity contribution in [3.8, 4) is 0 Å². The molecule has 6 rings (SSSR count). The van der Waals surface area contributed by atoms with Crippen LogP contribution in [0.5, 0.6) is 0 Å². The molecular formula is C22H19N5OS2. The molecule has 1 aliphatic carbocycles. The second kappa shape index (κ2) is 6.92. The maximum Gasteiger partial charge on any atom is 0.248 e. The summed E-state index contributed by atoms with van der Waals surface area (Å²) in [6.45, 7) is 2.02. The van der Waals surface area contributed by atoms with Crippen molar-refractivity contribution in [3.05, 3.63) is 62.5 Å². The largest absolute Gasteiger partial charge is 0.322 e. The van der Waals surface area contributed by atoms with E-state index in [0.29, 0.717) is 5.75 Å². The van der Waals surface area contributed by atoms with Crippen LogP contribution < -0.4 is 5.56 Å². The zero-order valence-electron chi connectivity index (χ0n) is 16.4. The van der Waals surface area contributed by atoms with E-state index in [4.69, 9.17) is 4.98 Å². The molecule has 4 aromatic heterocycles. The Morgan fingerprint density at radius 1 is 1.20 bits per heavy atom. The SMILES string of the molecule is Cc1nc2sc3c(c2c2nnc(SCc4cc(=O)[nH]c5ccccc45)n12)CCCC3. The van der Waals surface area contributed by atoms with Crippen LogP contribution in [0.15, 0.2) is 40.3 Å². The molecule has 0 bridgehead atoms. The summed E-state index contributed by atoms with van der Waals surface area (Å²) in [5, 5.41) is 12.1. The molecule has 0 atom stereocenters. The first-order chi connectivity index (χ1) is 14.7. The summed E-state index contributed by atoms with van der Waals surface area (Å²) in [6, 6.07) is 9.57. The molecule has 5 aromatic rings. The van der Waals surface area contributed by atoms with Gasteiger partial charge in [-0.3, -0.25) is 9.20 Å². The fraction of sp³-hybridized carbons (Fsp3) is 0.273. The van der Waals surface area contributed by atoms with Gasteiger partial charge >= 0.3 is 0 Å². The van der Waals surface area contributed by atoms with Gasteiger partial charge in [0.25, 0.3) is 0 Å². The van der Waals surface area contributed by atoms with E-state index in [2.05, 4.69) is 19.6 Å². The lowest BCUT2D eigenvalue weighted by Crippen LogP contribution is -2.06. The second-order valence-corrected chi connectivity index (χ2v) is 9.71. The first-order valence-corrected chi connectivity index (χ1v) is 11.9. The Hall–Kier alpha value is -2.71. The standard InChI is InChI=1S/C22H19N5OS2/c1-12-23-21-19(15-7-3-5-9-17(15)30-21)20-25-26-22(27(12)20)29-11-13-10-18(28)24-16-8-4-2-6-14(13)16/h2,4,6,8,10H,3,5,7,9,11H2,1H3,(H,24,28). The minimum absolute atomic E-state index is 0.0835. The molecule has 1 N–H and O–H groups in total. The van der Waals surface area contributed by atoms with Crippen molar-refractivity contribution in [2.75, 3.05) is 0 Å². The van der Waals surface area contributed by atoms with Gasteiger partial charge in [-0.2, -0.15) is 0 Å². The zero-order valence-corrected chi connectivity index (χ0v) is 18.1. The van der Waals surface area contributed by atoms with Gasteiger partial charge in [-0.15, -0.1) is 21.5 Å². The third kappa shape index (κ3) is 2.78. The maximum atomic E-state index is 12.1. The van der Waals surface area contributed by atoms with Gasteiger partial charge in [0.1, 0.15) is 10.7 Å². The van der Waals surface area contributed by atoms with Crippen LogP contribution in [0.25, 0.3) is 26.8 Å². The van der Waals surface area contributed by atoms with Crippen LogP contribution >= 0.6 is 23.1 Å². The number of hydrogen-bond donors (Lipinski definition) is 1. The minimum Gasteiger partial charge on any atom is -0.322 e. The number of nitrogens with one attached hydrogen (secondary N) is 1. The summed E-state index contributed by atoms with van der Waals surface area (Å²) < 4.78 is 2.07. The fourth-order valence-electron chi connectivity index (χ4n) is 4.41. The number of fused-ring (bicyclic) bond motifs is 6. The number of aromatic amines is 1. The molecule has 1 aliphatic rings. The van der Waals surface area contributed by atoms with Crippen LogP contribution in [0, 0.1) is 6.92 Å². The van der Waals surface area contributed by atoms with Gasteiger partial charge < -0.3 is 4.98 Å². The average molecular weight is 434 g/mol. The molecule has 0 aliphatic heterocycles. The number of thiophene rings is 1. The molecule has 0 amide bonds. The molecule has 4 heterocycles. The number of benzene rings is 1. The van der Waals surface area contributed by atoms with Crippen molar-refractivity contribution in [3.63, 3.8) is 0 Å². The summed E-state index contributed by atoms with van der Waals surface area (Å²) in [7, 11) is 0. The van der Waals surface area contributed by atoms with E-state index in [1.54, 1.807) is 17.8 Å². The predicted octanol–water partition coefficient (Wildman–Crippen LogP) is 4.66. The van der Waals surface area contributed by atoms with E-state index in [1.807, 2.05) is 42.5 Å². The minimum atomic E-state index is -0.0835. The number of H-pyrrole nitrogens is 1. The highest BCUT2D eigenvalue weighted by Gasteiger charge is 2.22. The van der Waals surface area contributed by atoms with Crippen molar-refractivity contribution in [2.24, 2.45) is 0 Å². The summed E-state index contributed by atoms with van der Waals surface area (Å²) in [5.41, 5.74) is 4.10. The molecule has 0 saturated heterocycles. The Labute approximate surface area is 180 Å². The van der Waals surface area contributed by atoms with Gasteiger partial charge in [-0.25, -0.2) is 4.98 Å². The van der Waals surface area contributed by atoms with E-state index in [0.717, 1.165) is 50.8 Å². The number of rotatable bonds is 3. The normalized spacial score (nSPS) is 14.0. The Kier molecular flexibility index (Phi) is 4.17. The Bertz CT molecular complexity index is 1500. The van der Waals surface area contributed by atoms with Gasteiger partial charge in [0, 0.05) is 27.6 Å². The lowest BCUT2D eigenvalue weighted by molar-refractivity contribution is 0.700. The van der Waals surface area contributed by atoms with E-state index in [1.165, 1.54) is 28.7 Å². The van der Waals surface area contributed by atoms with Crippen LogP contribution in [0.2, 0.25) is 0 Å². The topological polar surface area (TPSA) is 75.9 Å². The maximum absolute atomic E-state index is 12.1. The smallest absolute Gasteiger partial charge is 0.248 e. The van der Waals surface area contributed by atoms with Crippen molar-refractivity contribution in [2.45, 2.75) is 43.5 Å². The second-order valence-electron chi connectivity index (χ2n) is 7.68. The number of thioether (sulfide) groups is 1.